The van der Waals surface area contributed by atoms with Crippen LogP contribution in [0.5, 0.6) is 11.5 Å². The summed E-state index contributed by atoms with van der Waals surface area (Å²) >= 11 is 0. The van der Waals surface area contributed by atoms with Crippen LogP contribution in [0.15, 0.2) is 6.07 Å². The number of fused-ring (bicyclic) bond motifs is 5. The first-order valence-electron chi connectivity index (χ1n) is 12.5. The molecule has 6 atom stereocenters. The zero-order valence-electron chi connectivity index (χ0n) is 21.3. The summed E-state index contributed by atoms with van der Waals surface area (Å²) in [4.78, 5) is 36.5. The number of amides is 1. The van der Waals surface area contributed by atoms with E-state index in [0.29, 0.717) is 30.7 Å². The first-order chi connectivity index (χ1) is 16.3. The van der Waals surface area contributed by atoms with Gasteiger partial charge in [-0.2, -0.15) is 0 Å². The Morgan fingerprint density at radius 1 is 1.11 bits per heavy atom. The van der Waals surface area contributed by atoms with E-state index in [1.165, 1.54) is 13.8 Å². The lowest BCUT2D eigenvalue weighted by atomic mass is 9.43. The molecule has 1 amide bonds. The molecule has 4 aliphatic rings. The van der Waals surface area contributed by atoms with Crippen LogP contribution in [0.4, 0.5) is 0 Å². The quantitative estimate of drug-likeness (QED) is 0.615. The molecule has 35 heavy (non-hydrogen) atoms. The molecule has 2 fully saturated rings. The highest BCUT2D eigenvalue weighted by Gasteiger charge is 2.70. The van der Waals surface area contributed by atoms with E-state index in [2.05, 4.69) is 33.0 Å². The van der Waals surface area contributed by atoms with Crippen molar-refractivity contribution in [3.8, 4) is 11.5 Å². The Morgan fingerprint density at radius 3 is 2.46 bits per heavy atom. The Hall–Kier alpha value is -2.77. The van der Waals surface area contributed by atoms with Crippen LogP contribution in [0.1, 0.15) is 82.3 Å². The average molecular weight is 486 g/mol. The maximum absolute atomic E-state index is 12.3. The van der Waals surface area contributed by atoms with E-state index in [4.69, 9.17) is 14.2 Å². The van der Waals surface area contributed by atoms with Crippen LogP contribution in [0, 0.1) is 22.7 Å². The van der Waals surface area contributed by atoms with Gasteiger partial charge in [-0.25, -0.2) is 0 Å². The Kier molecular flexibility index (Phi) is 5.21. The molecule has 2 saturated carbocycles. The Balaban J connectivity index is 1.63. The van der Waals surface area contributed by atoms with Gasteiger partial charge in [0, 0.05) is 48.8 Å². The second-order valence-electron chi connectivity index (χ2n) is 11.7. The number of phenolic OH excluding ortho intramolecular Hbond substituents is 1. The fourth-order valence-corrected chi connectivity index (χ4v) is 8.00. The number of benzene rings is 1. The van der Waals surface area contributed by atoms with Crippen molar-refractivity contribution in [1.29, 1.82) is 0 Å². The average Bonchev–Trinajstić information content (AvgIpc) is 3.32. The maximum atomic E-state index is 12.3. The van der Waals surface area contributed by atoms with Gasteiger partial charge in [-0.1, -0.05) is 27.7 Å². The van der Waals surface area contributed by atoms with E-state index >= 15 is 0 Å². The highest BCUT2D eigenvalue weighted by Crippen LogP contribution is 2.67. The first kappa shape index (κ1) is 23.9. The molecule has 190 valence electrons. The first-order valence-corrected chi connectivity index (χ1v) is 12.5. The zero-order valence-corrected chi connectivity index (χ0v) is 21.3. The maximum Gasteiger partial charge on any atom is 0.303 e. The molecule has 8 heteroatoms. The van der Waals surface area contributed by atoms with Crippen molar-refractivity contribution in [3.05, 3.63) is 22.8 Å². The molecule has 0 unspecified atom stereocenters. The van der Waals surface area contributed by atoms with Gasteiger partial charge >= 0.3 is 11.9 Å². The number of ether oxygens (including phenoxy) is 3. The summed E-state index contributed by atoms with van der Waals surface area (Å²) in [6.07, 6.45) is 1.60. The molecule has 1 aromatic rings. The van der Waals surface area contributed by atoms with Crippen molar-refractivity contribution in [3.63, 3.8) is 0 Å². The van der Waals surface area contributed by atoms with Crippen LogP contribution in [0.2, 0.25) is 0 Å². The van der Waals surface area contributed by atoms with Crippen LogP contribution < -0.4 is 10.1 Å². The number of hydrogen-bond acceptors (Lipinski definition) is 7. The molecule has 1 spiro atoms. The molecule has 8 nitrogen and oxygen atoms in total. The third-order valence-electron chi connectivity index (χ3n) is 9.48. The van der Waals surface area contributed by atoms with Gasteiger partial charge in [0.15, 0.2) is 0 Å². The summed E-state index contributed by atoms with van der Waals surface area (Å²) in [7, 11) is 0. The van der Waals surface area contributed by atoms with Gasteiger partial charge in [0.05, 0.1) is 5.56 Å². The van der Waals surface area contributed by atoms with Crippen LogP contribution in [0.3, 0.4) is 0 Å². The lowest BCUT2D eigenvalue weighted by Gasteiger charge is -2.65. The normalized spacial score (nSPS) is 36.5. The van der Waals surface area contributed by atoms with Gasteiger partial charge in [-0.15, -0.1) is 0 Å². The fourth-order valence-electron chi connectivity index (χ4n) is 8.00. The summed E-state index contributed by atoms with van der Waals surface area (Å²) in [6, 6.07) is 1.55. The molecule has 0 bridgehead atoms. The largest absolute Gasteiger partial charge is 0.508 e. The molecular formula is C27H35NO7. The number of carbonyl (C=O) groups excluding carboxylic acids is 3. The molecule has 0 aromatic heterocycles. The molecule has 2 aliphatic carbocycles. The van der Waals surface area contributed by atoms with Gasteiger partial charge < -0.3 is 24.6 Å². The minimum atomic E-state index is -0.673. The van der Waals surface area contributed by atoms with Crippen LogP contribution in [0.25, 0.3) is 0 Å². The number of aromatic hydroxyl groups is 1. The minimum absolute atomic E-state index is 0.0787. The monoisotopic (exact) mass is 485 g/mol. The summed E-state index contributed by atoms with van der Waals surface area (Å²) in [6.45, 7) is 11.7. The predicted octanol–water partition coefficient (Wildman–Crippen LogP) is 3.66. The van der Waals surface area contributed by atoms with Crippen molar-refractivity contribution in [2.24, 2.45) is 22.7 Å². The number of carbonyl (C=O) groups is 3. The predicted molar refractivity (Wildman–Crippen MR) is 126 cm³/mol. The number of rotatable bonds is 2. The third kappa shape index (κ3) is 3.21. The molecule has 2 N–H and O–H groups in total. The van der Waals surface area contributed by atoms with Crippen LogP contribution in [-0.2, 0) is 32.0 Å². The summed E-state index contributed by atoms with van der Waals surface area (Å²) in [5.41, 5.74) is 0.359. The van der Waals surface area contributed by atoms with Gasteiger partial charge in [0.25, 0.3) is 5.91 Å². The van der Waals surface area contributed by atoms with Crippen molar-refractivity contribution in [1.82, 2.24) is 5.32 Å². The number of hydrogen-bond donors (Lipinski definition) is 2. The SMILES string of the molecule is CC(=O)O[C@@H]1[C@H](OC(C)=O)C[C@@]2(C)[C@@H](CC[C@@H](C)[C@]23Cc2c(O)cc4c(c2O3)CNC4=O)C1(C)C. The summed E-state index contributed by atoms with van der Waals surface area (Å²) < 4.78 is 18.6. The van der Waals surface area contributed by atoms with Gasteiger partial charge in [-0.05, 0) is 37.2 Å². The molecular weight excluding hydrogens is 450 g/mol. The summed E-state index contributed by atoms with van der Waals surface area (Å²) in [5, 5.41) is 13.8. The van der Waals surface area contributed by atoms with E-state index in [9.17, 15) is 19.5 Å². The summed E-state index contributed by atoms with van der Waals surface area (Å²) in [5.74, 6) is -0.0854. The number of phenols is 1. The molecule has 2 heterocycles. The van der Waals surface area contributed by atoms with Gasteiger partial charge in [-0.3, -0.25) is 14.4 Å². The van der Waals surface area contributed by atoms with E-state index in [1.54, 1.807) is 6.07 Å². The van der Waals surface area contributed by atoms with Crippen LogP contribution >= 0.6 is 0 Å². The molecule has 5 rings (SSSR count). The molecule has 0 radical (unpaired) electrons. The Morgan fingerprint density at radius 2 is 1.80 bits per heavy atom. The highest BCUT2D eigenvalue weighted by molar-refractivity contribution is 6.00. The number of nitrogens with one attached hydrogen (secondary N) is 1. The van der Waals surface area contributed by atoms with Crippen molar-refractivity contribution < 1.29 is 33.7 Å². The van der Waals surface area contributed by atoms with Gasteiger partial charge in [0.2, 0.25) is 0 Å². The van der Waals surface area contributed by atoms with Crippen molar-refractivity contribution in [2.75, 3.05) is 0 Å². The smallest absolute Gasteiger partial charge is 0.303 e. The molecule has 0 saturated heterocycles. The lowest BCUT2D eigenvalue weighted by Crippen LogP contribution is -2.70. The van der Waals surface area contributed by atoms with Crippen molar-refractivity contribution in [2.45, 2.75) is 91.6 Å². The lowest BCUT2D eigenvalue weighted by molar-refractivity contribution is -0.251. The van der Waals surface area contributed by atoms with E-state index in [0.717, 1.165) is 24.0 Å². The van der Waals surface area contributed by atoms with E-state index < -0.39 is 40.6 Å². The fraction of sp³-hybridized carbons (Fsp3) is 0.667. The van der Waals surface area contributed by atoms with Crippen LogP contribution in [-0.4, -0.2) is 40.8 Å². The molecule has 2 aliphatic heterocycles. The van der Waals surface area contributed by atoms with Gasteiger partial charge in [0.1, 0.15) is 29.3 Å². The highest BCUT2D eigenvalue weighted by atomic mass is 16.6. The standard InChI is InChI=1S/C27H35NO7/c1-13-7-8-21-25(4,5)23(34-15(3)30)20(33-14(2)29)11-26(21,6)27(13)10-17-19(31)9-16-18(22(17)35-27)12-28-24(16)32/h9,13,20-21,23,31H,7-8,10-12H2,1-6H3,(H,28,32)/t13-,20-,21+,23-,26+,27-/m1/s1. The van der Waals surface area contributed by atoms with E-state index in [-0.39, 0.29) is 23.5 Å². The zero-order chi connectivity index (χ0) is 25.5. The third-order valence-corrected chi connectivity index (χ3v) is 9.48. The number of esters is 2. The second kappa shape index (κ2) is 7.61. The molecule has 1 aromatic carbocycles. The topological polar surface area (TPSA) is 111 Å². The Bertz CT molecular complexity index is 1130. The van der Waals surface area contributed by atoms with Crippen molar-refractivity contribution >= 4 is 17.8 Å². The second-order valence-corrected chi connectivity index (χ2v) is 11.7. The Labute approximate surface area is 205 Å². The minimum Gasteiger partial charge on any atom is -0.508 e. The van der Waals surface area contributed by atoms with E-state index in [1.807, 2.05) is 0 Å².